The lowest BCUT2D eigenvalue weighted by Crippen LogP contribution is -1.89. The van der Waals surface area contributed by atoms with Crippen LogP contribution in [0.3, 0.4) is 0 Å². The molecule has 0 radical (unpaired) electrons. The first-order valence-corrected chi connectivity index (χ1v) is 14.0. The molecule has 4 aromatic carbocycles. The average Bonchev–Trinajstić information content (AvgIpc) is 3.07. The summed E-state index contributed by atoms with van der Waals surface area (Å²) in [4.78, 5) is 19.1. The zero-order valence-electron chi connectivity index (χ0n) is 22.6. The third-order valence-electron chi connectivity index (χ3n) is 7.75. The Morgan fingerprint density at radius 1 is 0.357 bits per heavy atom. The maximum atomic E-state index is 4.97. The Bertz CT molecular complexity index is 2120. The van der Waals surface area contributed by atoms with E-state index in [-0.39, 0.29) is 0 Å². The minimum Gasteiger partial charge on any atom is -0.254 e. The summed E-state index contributed by atoms with van der Waals surface area (Å²) in [6, 6.07) is 41.9. The standard InChI is InChI=1S/C38H24N4/c1-3-29-15-17-31-19-21-33(41-37(31)35(29)39-23-1)27-11-7-25(8-12-27)5-6-26-9-13-28(14-10-26)34-22-20-32-18-16-30-4-2-24-40-36(30)38(32)42-34/h1-24H/b6-5+. The Kier molecular flexibility index (Phi) is 5.75. The molecule has 8 aromatic rings. The third-order valence-corrected chi connectivity index (χ3v) is 7.75. The van der Waals surface area contributed by atoms with Crippen LogP contribution in [0.15, 0.2) is 134 Å². The van der Waals surface area contributed by atoms with Crippen molar-refractivity contribution >= 4 is 55.8 Å². The van der Waals surface area contributed by atoms with E-state index in [1.165, 1.54) is 0 Å². The quantitative estimate of drug-likeness (QED) is 0.166. The zero-order valence-corrected chi connectivity index (χ0v) is 22.6. The van der Waals surface area contributed by atoms with Crippen LogP contribution in [0.25, 0.3) is 78.3 Å². The van der Waals surface area contributed by atoms with Crippen LogP contribution >= 0.6 is 0 Å². The molecule has 0 spiro atoms. The fourth-order valence-electron chi connectivity index (χ4n) is 5.49. The Morgan fingerprint density at radius 2 is 0.738 bits per heavy atom. The van der Waals surface area contributed by atoms with Gasteiger partial charge >= 0.3 is 0 Å². The van der Waals surface area contributed by atoms with Gasteiger partial charge in [-0.25, -0.2) is 9.97 Å². The van der Waals surface area contributed by atoms with Gasteiger partial charge in [-0.2, -0.15) is 0 Å². The predicted molar refractivity (Wildman–Crippen MR) is 174 cm³/mol. The van der Waals surface area contributed by atoms with Gasteiger partial charge in [0.2, 0.25) is 0 Å². The van der Waals surface area contributed by atoms with E-state index in [0.717, 1.165) is 77.3 Å². The van der Waals surface area contributed by atoms with E-state index < -0.39 is 0 Å². The summed E-state index contributed by atoms with van der Waals surface area (Å²) >= 11 is 0. The Hall–Kier alpha value is -5.74. The third kappa shape index (κ3) is 4.36. The molecule has 0 fully saturated rings. The number of benzene rings is 4. The number of aromatic nitrogens is 4. The monoisotopic (exact) mass is 536 g/mol. The van der Waals surface area contributed by atoms with Gasteiger partial charge in [0.15, 0.2) is 0 Å². The summed E-state index contributed by atoms with van der Waals surface area (Å²) in [5.41, 5.74) is 10.0. The van der Waals surface area contributed by atoms with Crippen molar-refractivity contribution in [2.75, 3.05) is 0 Å². The molecule has 8 rings (SSSR count). The van der Waals surface area contributed by atoms with Crippen LogP contribution in [0, 0.1) is 0 Å². The van der Waals surface area contributed by atoms with Gasteiger partial charge in [0.1, 0.15) is 0 Å². The van der Waals surface area contributed by atoms with E-state index in [1.54, 1.807) is 0 Å². The molecule has 0 amide bonds. The van der Waals surface area contributed by atoms with Crippen LogP contribution in [-0.2, 0) is 0 Å². The van der Waals surface area contributed by atoms with Gasteiger partial charge < -0.3 is 0 Å². The second-order valence-electron chi connectivity index (χ2n) is 10.4. The summed E-state index contributed by atoms with van der Waals surface area (Å²) in [6.07, 6.45) is 7.92. The second-order valence-corrected chi connectivity index (χ2v) is 10.4. The van der Waals surface area contributed by atoms with Crippen molar-refractivity contribution in [1.82, 2.24) is 19.9 Å². The Labute approximate surface area is 242 Å². The molecule has 0 unspecified atom stereocenters. The first kappa shape index (κ1) is 24.1. The maximum absolute atomic E-state index is 4.97. The highest BCUT2D eigenvalue weighted by Crippen LogP contribution is 2.28. The largest absolute Gasteiger partial charge is 0.254 e. The van der Waals surface area contributed by atoms with Crippen molar-refractivity contribution in [1.29, 1.82) is 0 Å². The van der Waals surface area contributed by atoms with E-state index in [4.69, 9.17) is 9.97 Å². The number of nitrogens with zero attached hydrogens (tertiary/aromatic N) is 4. The molecule has 0 aliphatic heterocycles. The molecular weight excluding hydrogens is 512 g/mol. The van der Waals surface area contributed by atoms with Crippen LogP contribution in [0.2, 0.25) is 0 Å². The van der Waals surface area contributed by atoms with Crippen LogP contribution in [0.4, 0.5) is 0 Å². The van der Waals surface area contributed by atoms with Gasteiger partial charge in [-0.15, -0.1) is 0 Å². The normalized spacial score (nSPS) is 11.7. The van der Waals surface area contributed by atoms with Gasteiger partial charge in [0, 0.05) is 45.1 Å². The van der Waals surface area contributed by atoms with Crippen molar-refractivity contribution in [3.8, 4) is 22.5 Å². The number of hydrogen-bond acceptors (Lipinski definition) is 4. The Morgan fingerprint density at radius 3 is 1.17 bits per heavy atom. The highest BCUT2D eigenvalue weighted by molar-refractivity contribution is 6.04. The van der Waals surface area contributed by atoms with Gasteiger partial charge in [0.05, 0.1) is 33.5 Å². The highest BCUT2D eigenvalue weighted by Gasteiger charge is 2.08. The molecule has 42 heavy (non-hydrogen) atoms. The SMILES string of the molecule is C(=C\c1ccc(-c2ccc3ccc4cccnc4c3n2)cc1)/c1ccc(-c2ccc3ccc4cccnc4c3n2)cc1. The first-order valence-electron chi connectivity index (χ1n) is 14.0. The molecule has 0 bridgehead atoms. The lowest BCUT2D eigenvalue weighted by molar-refractivity contribution is 1.37. The molecule has 0 saturated heterocycles. The van der Waals surface area contributed by atoms with E-state index >= 15 is 0 Å². The van der Waals surface area contributed by atoms with Crippen molar-refractivity contribution in [2.45, 2.75) is 0 Å². The minimum atomic E-state index is 0.932. The van der Waals surface area contributed by atoms with Crippen molar-refractivity contribution in [2.24, 2.45) is 0 Å². The molecule has 0 atom stereocenters. The highest BCUT2D eigenvalue weighted by atomic mass is 14.8. The molecule has 196 valence electrons. The topological polar surface area (TPSA) is 51.6 Å². The summed E-state index contributed by atoms with van der Waals surface area (Å²) in [7, 11) is 0. The molecular formula is C38H24N4. The van der Waals surface area contributed by atoms with Crippen LogP contribution < -0.4 is 0 Å². The summed E-state index contributed by atoms with van der Waals surface area (Å²) < 4.78 is 0. The summed E-state index contributed by atoms with van der Waals surface area (Å²) in [5.74, 6) is 0. The van der Waals surface area contributed by atoms with E-state index in [9.17, 15) is 0 Å². The number of fused-ring (bicyclic) bond motifs is 6. The minimum absolute atomic E-state index is 0.932. The van der Waals surface area contributed by atoms with Crippen molar-refractivity contribution in [3.63, 3.8) is 0 Å². The van der Waals surface area contributed by atoms with Crippen LogP contribution in [0.5, 0.6) is 0 Å². The average molecular weight is 537 g/mol. The van der Waals surface area contributed by atoms with E-state index in [0.29, 0.717) is 0 Å². The lowest BCUT2D eigenvalue weighted by Gasteiger charge is -2.07. The van der Waals surface area contributed by atoms with Gasteiger partial charge in [-0.1, -0.05) is 109 Å². The fraction of sp³-hybridized carbons (Fsp3) is 0. The number of rotatable bonds is 4. The smallest absolute Gasteiger partial charge is 0.0972 e. The second kappa shape index (κ2) is 10.0. The molecule has 4 nitrogen and oxygen atoms in total. The fourth-order valence-corrected chi connectivity index (χ4v) is 5.49. The molecule has 0 N–H and O–H groups in total. The first-order chi connectivity index (χ1) is 20.8. The zero-order chi connectivity index (χ0) is 27.9. The van der Waals surface area contributed by atoms with Crippen molar-refractivity contribution in [3.05, 3.63) is 145 Å². The van der Waals surface area contributed by atoms with Gasteiger partial charge in [-0.05, 0) is 35.4 Å². The molecule has 4 heteroatoms. The Balaban J connectivity index is 1.03. The molecule has 0 aliphatic carbocycles. The van der Waals surface area contributed by atoms with Gasteiger partial charge in [-0.3, -0.25) is 9.97 Å². The molecule has 0 aliphatic rings. The van der Waals surface area contributed by atoms with Crippen LogP contribution in [-0.4, -0.2) is 19.9 Å². The molecule has 4 aromatic heterocycles. The van der Waals surface area contributed by atoms with Crippen LogP contribution in [0.1, 0.15) is 11.1 Å². The van der Waals surface area contributed by atoms with E-state index in [2.05, 4.69) is 131 Å². The number of pyridine rings is 4. The predicted octanol–water partition coefficient (Wildman–Crippen LogP) is 9.38. The lowest BCUT2D eigenvalue weighted by atomic mass is 10.0. The maximum Gasteiger partial charge on any atom is 0.0972 e. The molecule has 0 saturated carbocycles. The number of hydrogen-bond donors (Lipinski definition) is 0. The van der Waals surface area contributed by atoms with E-state index in [1.807, 2.05) is 24.5 Å². The molecule has 4 heterocycles. The summed E-state index contributed by atoms with van der Waals surface area (Å²) in [6.45, 7) is 0. The van der Waals surface area contributed by atoms with Crippen molar-refractivity contribution < 1.29 is 0 Å². The van der Waals surface area contributed by atoms with Gasteiger partial charge in [0.25, 0.3) is 0 Å². The summed E-state index contributed by atoms with van der Waals surface area (Å²) in [5, 5.41) is 4.39.